The lowest BCUT2D eigenvalue weighted by Gasteiger charge is -2.42. The first-order chi connectivity index (χ1) is 32.9. The Labute approximate surface area is 410 Å². The summed E-state index contributed by atoms with van der Waals surface area (Å²) in [6.07, 6.45) is 0. The number of hydrogen-bond acceptors (Lipinski definition) is 2. The Balaban J connectivity index is 1.29. The zero-order valence-electron chi connectivity index (χ0n) is 42.2. The summed E-state index contributed by atoms with van der Waals surface area (Å²) >= 11 is 0. The summed E-state index contributed by atoms with van der Waals surface area (Å²) in [5.74, 6) is 0. The molecule has 4 bridgehead atoms. The van der Waals surface area contributed by atoms with Crippen molar-refractivity contribution in [2.75, 3.05) is 9.80 Å². The molecule has 4 aliphatic rings. The Hall–Kier alpha value is -7.04. The fourth-order valence-corrected chi connectivity index (χ4v) is 11.7. The largest absolute Gasteiger partial charge is 0.375 e. The van der Waals surface area contributed by atoms with E-state index in [2.05, 4.69) is 266 Å². The van der Waals surface area contributed by atoms with E-state index in [1.54, 1.807) is 0 Å². The highest BCUT2D eigenvalue weighted by Crippen LogP contribution is 2.54. The Morgan fingerprint density at radius 2 is 1.00 bits per heavy atom. The van der Waals surface area contributed by atoms with Gasteiger partial charge in [-0.05, 0) is 133 Å². The number of benzene rings is 8. The van der Waals surface area contributed by atoms with Crippen molar-refractivity contribution in [1.29, 1.82) is 0 Å². The van der Waals surface area contributed by atoms with Crippen molar-refractivity contribution in [3.05, 3.63) is 204 Å². The summed E-state index contributed by atoms with van der Waals surface area (Å²) in [6, 6.07) is 67.7. The van der Waals surface area contributed by atoms with Crippen LogP contribution in [0.2, 0.25) is 0 Å². The van der Waals surface area contributed by atoms with Gasteiger partial charge in [0.2, 0.25) is 0 Å². The molecule has 3 nitrogen and oxygen atoms in total. The van der Waals surface area contributed by atoms with Crippen molar-refractivity contribution in [1.82, 2.24) is 4.48 Å². The maximum Gasteiger partial charge on any atom is 0.333 e. The first-order valence-corrected chi connectivity index (χ1v) is 25.0. The van der Waals surface area contributed by atoms with Crippen LogP contribution in [0.4, 0.5) is 34.1 Å². The lowest BCUT2D eigenvalue weighted by Crippen LogP contribution is -2.57. The smallest absolute Gasteiger partial charge is 0.333 e. The van der Waals surface area contributed by atoms with Gasteiger partial charge in [0, 0.05) is 67.1 Å². The number of anilines is 6. The molecular weight excluding hydrogens is 834 g/mol. The standard InChI is InChI=1S/C65H62BN3/c1-62(2,3)42-26-31-49(32-27-42)68-56-35-30-44(63(4,5)6)39-54(56)66-59-51(36-45(40-57(59)68)64(7,8)9)52-37-46-38-53-58(60(69(66)61(52)53)41-20-14-12-15-21-41)50-24-18-19-25-55(50)67(47-22-16-13-17-23-47)48-33-28-43(29-34-48)65(46,10)11/h12-40H,1-11H3. The second kappa shape index (κ2) is 15.0. The van der Waals surface area contributed by atoms with E-state index in [-0.39, 0.29) is 28.5 Å². The Morgan fingerprint density at radius 3 is 1.67 bits per heavy atom. The molecule has 4 heteroatoms. The molecule has 0 unspecified atom stereocenters. The summed E-state index contributed by atoms with van der Waals surface area (Å²) in [6.45, 7) is 25.8. The van der Waals surface area contributed by atoms with E-state index < -0.39 is 0 Å². The number of nitrogens with zero attached hydrogens (tertiary/aromatic N) is 3. The third-order valence-corrected chi connectivity index (χ3v) is 15.7. The molecule has 0 saturated carbocycles. The average molecular weight is 896 g/mol. The van der Waals surface area contributed by atoms with Gasteiger partial charge >= 0.3 is 6.85 Å². The van der Waals surface area contributed by atoms with Gasteiger partial charge in [0.15, 0.2) is 0 Å². The van der Waals surface area contributed by atoms with Crippen LogP contribution < -0.4 is 20.7 Å². The minimum Gasteiger partial charge on any atom is -0.375 e. The summed E-state index contributed by atoms with van der Waals surface area (Å²) < 4.78 is 2.79. The van der Waals surface area contributed by atoms with E-state index >= 15 is 0 Å². The van der Waals surface area contributed by atoms with Gasteiger partial charge in [-0.15, -0.1) is 0 Å². The number of para-hydroxylation sites is 2. The molecule has 1 aromatic heterocycles. The Bertz CT molecular complexity index is 3500. The SMILES string of the molecule is CC(C)(C)c1ccc(N2c3ccc(C(C)(C)C)cc3B3c4c(cc(C(C)(C)C)cc42)-c2cc4cc5c(c(-c6ccccc6)n3c25)-c2ccccc2N(c2ccccc2)c2ccc(cc2)C4(C)C)cc1. The molecule has 340 valence electrons. The number of hydrogen-bond donors (Lipinski definition) is 0. The highest BCUT2D eigenvalue weighted by atomic mass is 15.2. The molecule has 8 aromatic carbocycles. The van der Waals surface area contributed by atoms with Crippen LogP contribution >= 0.6 is 0 Å². The molecule has 4 aliphatic heterocycles. The third-order valence-electron chi connectivity index (χ3n) is 15.7. The second-order valence-electron chi connectivity index (χ2n) is 23.5. The summed E-state index contributed by atoms with van der Waals surface area (Å²) in [7, 11) is 0. The molecule has 0 saturated heterocycles. The molecule has 5 heterocycles. The van der Waals surface area contributed by atoms with Gasteiger partial charge in [-0.2, -0.15) is 0 Å². The van der Waals surface area contributed by atoms with Crippen molar-refractivity contribution in [2.24, 2.45) is 0 Å². The molecular formula is C65H62BN3. The molecule has 0 spiro atoms. The fourth-order valence-electron chi connectivity index (χ4n) is 11.7. The van der Waals surface area contributed by atoms with Gasteiger partial charge in [-0.1, -0.05) is 185 Å². The molecule has 0 atom stereocenters. The van der Waals surface area contributed by atoms with Crippen molar-refractivity contribution < 1.29 is 0 Å². The van der Waals surface area contributed by atoms with Crippen LogP contribution in [-0.4, -0.2) is 11.3 Å². The van der Waals surface area contributed by atoms with Gasteiger partial charge in [0.25, 0.3) is 0 Å². The van der Waals surface area contributed by atoms with Crippen molar-refractivity contribution in [3.63, 3.8) is 0 Å². The van der Waals surface area contributed by atoms with E-state index in [1.807, 2.05) is 0 Å². The minimum atomic E-state index is -0.320. The Kier molecular flexibility index (Phi) is 9.39. The predicted octanol–water partition coefficient (Wildman–Crippen LogP) is 16.4. The monoisotopic (exact) mass is 896 g/mol. The van der Waals surface area contributed by atoms with Crippen LogP contribution in [0.1, 0.15) is 104 Å². The van der Waals surface area contributed by atoms with Gasteiger partial charge in [0.05, 0.1) is 5.69 Å². The van der Waals surface area contributed by atoms with Crippen LogP contribution in [0.15, 0.2) is 176 Å². The lowest BCUT2D eigenvalue weighted by atomic mass is 9.44. The maximum atomic E-state index is 2.79. The van der Waals surface area contributed by atoms with Crippen LogP contribution in [0.3, 0.4) is 0 Å². The zero-order valence-corrected chi connectivity index (χ0v) is 42.2. The van der Waals surface area contributed by atoms with E-state index in [4.69, 9.17) is 0 Å². The fraction of sp³-hybridized carbons (Fsp3) is 0.231. The van der Waals surface area contributed by atoms with Gasteiger partial charge < -0.3 is 14.3 Å². The van der Waals surface area contributed by atoms with Crippen molar-refractivity contribution >= 4 is 62.8 Å². The highest BCUT2D eigenvalue weighted by Gasteiger charge is 2.46. The maximum absolute atomic E-state index is 2.79. The second-order valence-corrected chi connectivity index (χ2v) is 23.5. The van der Waals surface area contributed by atoms with E-state index in [0.29, 0.717) is 0 Å². The lowest BCUT2D eigenvalue weighted by molar-refractivity contribution is 0.590. The molecule has 0 amide bonds. The topological polar surface area (TPSA) is 11.4 Å². The van der Waals surface area contributed by atoms with E-state index in [1.165, 1.54) is 100 Å². The van der Waals surface area contributed by atoms with E-state index in [0.717, 1.165) is 17.1 Å². The molecule has 69 heavy (non-hydrogen) atoms. The van der Waals surface area contributed by atoms with Crippen molar-refractivity contribution in [2.45, 2.75) is 97.8 Å². The molecule has 0 radical (unpaired) electrons. The molecule has 13 rings (SSSR count). The van der Waals surface area contributed by atoms with E-state index in [9.17, 15) is 0 Å². The molecule has 0 aliphatic carbocycles. The minimum absolute atomic E-state index is 0.0368. The van der Waals surface area contributed by atoms with Crippen molar-refractivity contribution in [3.8, 4) is 33.5 Å². The third kappa shape index (κ3) is 6.62. The Morgan fingerprint density at radius 1 is 0.420 bits per heavy atom. The van der Waals surface area contributed by atoms with Gasteiger partial charge in [-0.3, -0.25) is 0 Å². The number of fused-ring (bicyclic) bond motifs is 6. The summed E-state index contributed by atoms with van der Waals surface area (Å²) in [5.41, 5.74) is 24.7. The highest BCUT2D eigenvalue weighted by molar-refractivity contribution is 6.90. The summed E-state index contributed by atoms with van der Waals surface area (Å²) in [5, 5.41) is 1.28. The normalized spacial score (nSPS) is 14.6. The first-order valence-electron chi connectivity index (χ1n) is 25.0. The average Bonchev–Trinajstić information content (AvgIpc) is 3.67. The van der Waals surface area contributed by atoms with Gasteiger partial charge in [-0.25, -0.2) is 0 Å². The van der Waals surface area contributed by atoms with Gasteiger partial charge in [0.1, 0.15) is 0 Å². The van der Waals surface area contributed by atoms with Crippen LogP contribution in [-0.2, 0) is 21.7 Å². The summed E-state index contributed by atoms with van der Waals surface area (Å²) in [4.78, 5) is 5.06. The predicted molar refractivity (Wildman–Crippen MR) is 296 cm³/mol. The zero-order chi connectivity index (χ0) is 47.9. The molecule has 9 aromatic rings. The molecule has 0 N–H and O–H groups in total. The quantitative estimate of drug-likeness (QED) is 0.164. The van der Waals surface area contributed by atoms with Crippen LogP contribution in [0, 0.1) is 0 Å². The van der Waals surface area contributed by atoms with Crippen LogP contribution in [0.25, 0.3) is 44.4 Å². The first kappa shape index (κ1) is 43.3. The molecule has 0 fully saturated rings. The number of rotatable bonds is 3. The number of aromatic nitrogens is 1. The van der Waals surface area contributed by atoms with Crippen LogP contribution in [0.5, 0.6) is 0 Å².